The first-order chi connectivity index (χ1) is 20.3. The lowest BCUT2D eigenvalue weighted by atomic mass is 9.73. The second-order valence-electron chi connectivity index (χ2n) is 14.3. The number of carbonyl (C=O) groups excluding carboxylic acids is 1. The van der Waals surface area contributed by atoms with E-state index in [9.17, 15) is 9.90 Å². The van der Waals surface area contributed by atoms with Gasteiger partial charge < -0.3 is 25.2 Å². The Kier molecular flexibility index (Phi) is 9.16. The quantitative estimate of drug-likeness (QED) is 0.251. The Bertz CT molecular complexity index is 1390. The van der Waals surface area contributed by atoms with Crippen LogP contribution in [0.4, 0.5) is 4.79 Å². The Balaban J connectivity index is 1.34. The third-order valence-electron chi connectivity index (χ3n) is 8.00. The van der Waals surface area contributed by atoms with Crippen LogP contribution in [0.1, 0.15) is 90.0 Å². The molecule has 5 rings (SSSR count). The Morgan fingerprint density at radius 2 is 1.95 bits per heavy atom. The molecule has 43 heavy (non-hydrogen) atoms. The number of carbonyl (C=O) groups is 1. The molecule has 1 saturated carbocycles. The highest BCUT2D eigenvalue weighted by Crippen LogP contribution is 2.48. The number of thiazole rings is 1. The standard InChI is InChI=1S/C34H46N4O4S/c1-32(2,3)18-23-16-25-27(19-34(11-8-12-34)41-29(25)37-20-23)36-21-28(39)26(38-31(40)42-33(4,5)6)17-22-9-7-10-24(15-22)30-35-13-14-43-30/h7,9-10,13-16,20,26-28,36,39H,8,11-12,17-19,21H2,1-6H3,(H,38,40)/t26-,27-,28+/m0/s1. The summed E-state index contributed by atoms with van der Waals surface area (Å²) in [5, 5.41) is 21.1. The molecule has 0 radical (unpaired) electrons. The number of aliphatic hydroxyl groups excluding tert-OH is 1. The molecule has 3 atom stereocenters. The topological polar surface area (TPSA) is 106 Å². The lowest BCUT2D eigenvalue weighted by molar-refractivity contribution is -0.0421. The molecule has 3 aromatic rings. The molecule has 1 amide bonds. The van der Waals surface area contributed by atoms with E-state index in [4.69, 9.17) is 14.5 Å². The first-order valence-electron chi connectivity index (χ1n) is 15.4. The summed E-state index contributed by atoms with van der Waals surface area (Å²) in [6, 6.07) is 9.72. The zero-order chi connectivity index (χ0) is 30.8. The number of hydrogen-bond donors (Lipinski definition) is 3. The Morgan fingerprint density at radius 3 is 2.60 bits per heavy atom. The van der Waals surface area contributed by atoms with E-state index < -0.39 is 23.8 Å². The maximum atomic E-state index is 12.9. The molecule has 3 N–H and O–H groups in total. The number of benzene rings is 1. The number of pyridine rings is 1. The van der Waals surface area contributed by atoms with Gasteiger partial charge in [0, 0.05) is 47.9 Å². The largest absolute Gasteiger partial charge is 0.471 e. The molecular formula is C34H46N4O4S. The number of fused-ring (bicyclic) bond motifs is 1. The number of amides is 1. The molecule has 1 aromatic carbocycles. The highest BCUT2D eigenvalue weighted by molar-refractivity contribution is 7.13. The third-order valence-corrected chi connectivity index (χ3v) is 8.82. The average molecular weight is 607 g/mol. The number of aromatic nitrogens is 2. The smallest absolute Gasteiger partial charge is 0.407 e. The van der Waals surface area contributed by atoms with Crippen molar-refractivity contribution in [2.45, 2.75) is 109 Å². The molecular weight excluding hydrogens is 560 g/mol. The van der Waals surface area contributed by atoms with E-state index in [1.54, 1.807) is 17.5 Å². The molecule has 2 aliphatic rings. The van der Waals surface area contributed by atoms with Crippen LogP contribution in [0.25, 0.3) is 10.6 Å². The van der Waals surface area contributed by atoms with Crippen molar-refractivity contribution in [3.63, 3.8) is 0 Å². The van der Waals surface area contributed by atoms with E-state index in [2.05, 4.69) is 48.5 Å². The lowest BCUT2D eigenvalue weighted by Crippen LogP contribution is -2.52. The maximum absolute atomic E-state index is 12.9. The number of ether oxygens (including phenoxy) is 2. The van der Waals surface area contributed by atoms with Crippen LogP contribution in [0, 0.1) is 5.41 Å². The SMILES string of the molecule is CC(C)(C)Cc1cnc2c(c1)[C@@H](NC[C@@H](O)[C@H](Cc1cccc(-c3nccs3)c1)NC(=O)OC(C)(C)C)CC1(CCC1)O2. The molecule has 1 aliphatic heterocycles. The van der Waals surface area contributed by atoms with Crippen LogP contribution in [0.3, 0.4) is 0 Å². The molecule has 1 aliphatic carbocycles. The minimum absolute atomic E-state index is 0.0125. The van der Waals surface area contributed by atoms with Crippen LogP contribution in [0.2, 0.25) is 0 Å². The van der Waals surface area contributed by atoms with E-state index in [1.165, 1.54) is 5.56 Å². The number of aliphatic hydroxyl groups is 1. The van der Waals surface area contributed by atoms with Crippen molar-refractivity contribution in [1.29, 1.82) is 0 Å². The average Bonchev–Trinajstić information content (AvgIpc) is 3.44. The van der Waals surface area contributed by atoms with E-state index in [-0.39, 0.29) is 23.6 Å². The van der Waals surface area contributed by atoms with E-state index in [1.807, 2.05) is 50.5 Å². The Morgan fingerprint density at radius 1 is 1.16 bits per heavy atom. The number of hydrogen-bond acceptors (Lipinski definition) is 8. The predicted molar refractivity (Wildman–Crippen MR) is 170 cm³/mol. The summed E-state index contributed by atoms with van der Waals surface area (Å²) in [5.41, 5.74) is 3.52. The second-order valence-corrected chi connectivity index (χ2v) is 15.2. The molecule has 0 saturated heterocycles. The normalized spacial score (nSPS) is 19.1. The van der Waals surface area contributed by atoms with Gasteiger partial charge in [-0.1, -0.05) is 39.0 Å². The van der Waals surface area contributed by atoms with Crippen LogP contribution in [-0.4, -0.2) is 51.1 Å². The van der Waals surface area contributed by atoms with Gasteiger partial charge in [0.2, 0.25) is 5.88 Å². The van der Waals surface area contributed by atoms with Gasteiger partial charge >= 0.3 is 6.09 Å². The zero-order valence-electron chi connectivity index (χ0n) is 26.3. The van der Waals surface area contributed by atoms with Gasteiger partial charge in [0.25, 0.3) is 0 Å². The Labute approximate surface area is 259 Å². The van der Waals surface area contributed by atoms with Crippen molar-refractivity contribution < 1.29 is 19.4 Å². The van der Waals surface area contributed by atoms with Gasteiger partial charge in [-0.15, -0.1) is 11.3 Å². The van der Waals surface area contributed by atoms with Crippen LogP contribution in [0.15, 0.2) is 48.1 Å². The summed E-state index contributed by atoms with van der Waals surface area (Å²) in [7, 11) is 0. The molecule has 3 heterocycles. The lowest BCUT2D eigenvalue weighted by Gasteiger charge is -2.47. The summed E-state index contributed by atoms with van der Waals surface area (Å²) < 4.78 is 12.0. The van der Waals surface area contributed by atoms with Crippen molar-refractivity contribution in [3.05, 3.63) is 64.8 Å². The summed E-state index contributed by atoms with van der Waals surface area (Å²) in [5.74, 6) is 0.693. The van der Waals surface area contributed by atoms with Gasteiger partial charge in [-0.3, -0.25) is 0 Å². The minimum Gasteiger partial charge on any atom is -0.471 e. The monoisotopic (exact) mass is 606 g/mol. The third kappa shape index (κ3) is 8.34. The van der Waals surface area contributed by atoms with Crippen LogP contribution in [0.5, 0.6) is 5.88 Å². The summed E-state index contributed by atoms with van der Waals surface area (Å²) in [6.07, 6.45) is 7.66. The molecule has 9 heteroatoms. The fraction of sp³-hybridized carbons (Fsp3) is 0.559. The van der Waals surface area contributed by atoms with Crippen LogP contribution < -0.4 is 15.4 Å². The zero-order valence-corrected chi connectivity index (χ0v) is 27.1. The van der Waals surface area contributed by atoms with Gasteiger partial charge in [0.15, 0.2) is 0 Å². The first-order valence-corrected chi connectivity index (χ1v) is 16.2. The van der Waals surface area contributed by atoms with E-state index in [0.29, 0.717) is 12.3 Å². The van der Waals surface area contributed by atoms with Crippen LogP contribution in [-0.2, 0) is 17.6 Å². The van der Waals surface area contributed by atoms with E-state index >= 15 is 0 Å². The molecule has 1 fully saturated rings. The number of rotatable bonds is 9. The van der Waals surface area contributed by atoms with Gasteiger partial charge in [-0.05, 0) is 81.5 Å². The number of nitrogens with one attached hydrogen (secondary N) is 2. The van der Waals surface area contributed by atoms with Gasteiger partial charge in [-0.2, -0.15) is 0 Å². The first kappa shape index (κ1) is 31.4. The molecule has 232 valence electrons. The van der Waals surface area contributed by atoms with Gasteiger partial charge in [0.05, 0.1) is 12.1 Å². The van der Waals surface area contributed by atoms with Crippen LogP contribution >= 0.6 is 11.3 Å². The summed E-state index contributed by atoms with van der Waals surface area (Å²) in [4.78, 5) is 22.1. The molecule has 0 bridgehead atoms. The number of nitrogens with zero attached hydrogens (tertiary/aromatic N) is 2. The molecule has 2 aromatic heterocycles. The fourth-order valence-corrected chi connectivity index (χ4v) is 6.58. The maximum Gasteiger partial charge on any atom is 0.407 e. The van der Waals surface area contributed by atoms with Crippen molar-refractivity contribution in [2.24, 2.45) is 5.41 Å². The van der Waals surface area contributed by atoms with Gasteiger partial charge in [-0.25, -0.2) is 14.8 Å². The summed E-state index contributed by atoms with van der Waals surface area (Å²) in [6.45, 7) is 12.5. The highest BCUT2D eigenvalue weighted by atomic mass is 32.1. The summed E-state index contributed by atoms with van der Waals surface area (Å²) >= 11 is 1.58. The molecule has 1 spiro atoms. The second kappa shape index (κ2) is 12.5. The predicted octanol–water partition coefficient (Wildman–Crippen LogP) is 6.63. The highest BCUT2D eigenvalue weighted by Gasteiger charge is 2.46. The van der Waals surface area contributed by atoms with E-state index in [0.717, 1.165) is 53.8 Å². The van der Waals surface area contributed by atoms with Gasteiger partial charge in [0.1, 0.15) is 16.2 Å². The molecule has 8 nitrogen and oxygen atoms in total. The van der Waals surface area contributed by atoms with Crippen molar-refractivity contribution in [3.8, 4) is 16.5 Å². The number of alkyl carbamates (subject to hydrolysis) is 1. The van der Waals surface area contributed by atoms with Crippen molar-refractivity contribution in [2.75, 3.05) is 6.54 Å². The molecule has 0 unspecified atom stereocenters. The fourth-order valence-electron chi connectivity index (χ4n) is 5.95. The minimum atomic E-state index is -0.870. The van der Waals surface area contributed by atoms with Crippen molar-refractivity contribution in [1.82, 2.24) is 20.6 Å². The Hall–Kier alpha value is -3.01. The van der Waals surface area contributed by atoms with Crippen molar-refractivity contribution >= 4 is 17.4 Å².